The molecule has 21 heavy (non-hydrogen) atoms. The number of hydrogen-bond donors (Lipinski definition) is 1. The molecule has 6 nitrogen and oxygen atoms in total. The SMILES string of the molecule is O=S(=O)(c1cnn(CCO)c1)N1CCCc2ccccc21. The summed E-state index contributed by atoms with van der Waals surface area (Å²) in [5.74, 6) is 0. The van der Waals surface area contributed by atoms with Gasteiger partial charge in [0.15, 0.2) is 0 Å². The number of hydrogen-bond acceptors (Lipinski definition) is 4. The van der Waals surface area contributed by atoms with E-state index in [2.05, 4.69) is 5.10 Å². The van der Waals surface area contributed by atoms with Crippen LogP contribution in [0.4, 0.5) is 5.69 Å². The molecular weight excluding hydrogens is 290 g/mol. The lowest BCUT2D eigenvalue weighted by Crippen LogP contribution is -2.35. The fraction of sp³-hybridized carbons (Fsp3) is 0.357. The number of aliphatic hydroxyl groups excluding tert-OH is 1. The van der Waals surface area contributed by atoms with Crippen LogP contribution in [-0.4, -0.2) is 36.5 Å². The number of aliphatic hydroxyl groups is 1. The van der Waals surface area contributed by atoms with Crippen molar-refractivity contribution in [3.05, 3.63) is 42.2 Å². The molecule has 0 fully saturated rings. The van der Waals surface area contributed by atoms with E-state index in [0.29, 0.717) is 6.54 Å². The van der Waals surface area contributed by atoms with Gasteiger partial charge < -0.3 is 5.11 Å². The first-order valence-electron chi connectivity index (χ1n) is 6.87. The fourth-order valence-corrected chi connectivity index (χ4v) is 4.07. The standard InChI is InChI=1S/C14H17N3O3S/c18-9-8-16-11-13(10-15-16)21(19,20)17-7-3-5-12-4-1-2-6-14(12)17/h1-2,4,6,10-11,18H,3,5,7-9H2. The molecule has 1 aliphatic heterocycles. The van der Waals surface area contributed by atoms with Crippen LogP contribution in [0.1, 0.15) is 12.0 Å². The quantitative estimate of drug-likeness (QED) is 0.915. The number of para-hydroxylation sites is 1. The Hall–Kier alpha value is -1.86. The van der Waals surface area contributed by atoms with Gasteiger partial charge in [-0.1, -0.05) is 18.2 Å². The summed E-state index contributed by atoms with van der Waals surface area (Å²) in [6, 6.07) is 7.58. The molecule has 0 saturated heterocycles. The molecule has 0 radical (unpaired) electrons. The van der Waals surface area contributed by atoms with Crippen molar-refractivity contribution in [2.75, 3.05) is 17.5 Å². The summed E-state index contributed by atoms with van der Waals surface area (Å²) in [5, 5.41) is 12.9. The van der Waals surface area contributed by atoms with Gasteiger partial charge in [-0.25, -0.2) is 8.42 Å². The normalized spacial score (nSPS) is 15.0. The average Bonchev–Trinajstić information content (AvgIpc) is 2.96. The van der Waals surface area contributed by atoms with E-state index in [-0.39, 0.29) is 18.0 Å². The largest absolute Gasteiger partial charge is 0.394 e. The molecular formula is C14H17N3O3S. The topological polar surface area (TPSA) is 75.4 Å². The van der Waals surface area contributed by atoms with Gasteiger partial charge in [-0.3, -0.25) is 8.99 Å². The summed E-state index contributed by atoms with van der Waals surface area (Å²) in [7, 11) is -3.60. The molecule has 1 aromatic carbocycles. The zero-order chi connectivity index (χ0) is 14.9. The number of fused-ring (bicyclic) bond motifs is 1. The molecule has 7 heteroatoms. The fourth-order valence-electron chi connectivity index (χ4n) is 2.58. The van der Waals surface area contributed by atoms with E-state index in [1.54, 1.807) is 0 Å². The Balaban J connectivity index is 1.99. The van der Waals surface area contributed by atoms with Gasteiger partial charge in [0.1, 0.15) is 4.90 Å². The van der Waals surface area contributed by atoms with Gasteiger partial charge in [0.25, 0.3) is 10.0 Å². The van der Waals surface area contributed by atoms with Crippen molar-refractivity contribution >= 4 is 15.7 Å². The summed E-state index contributed by atoms with van der Waals surface area (Å²) in [6.45, 7) is 0.685. The Bertz CT molecular complexity index is 739. The second-order valence-electron chi connectivity index (χ2n) is 4.97. The second-order valence-corrected chi connectivity index (χ2v) is 6.83. The molecule has 3 rings (SSSR count). The molecule has 1 aromatic heterocycles. The smallest absolute Gasteiger partial charge is 0.267 e. The van der Waals surface area contributed by atoms with Gasteiger partial charge in [-0.2, -0.15) is 5.10 Å². The lowest BCUT2D eigenvalue weighted by molar-refractivity contribution is 0.269. The monoisotopic (exact) mass is 307 g/mol. The minimum atomic E-state index is -3.60. The number of nitrogens with zero attached hydrogens (tertiary/aromatic N) is 3. The molecule has 0 amide bonds. The van der Waals surface area contributed by atoms with E-state index in [9.17, 15) is 8.42 Å². The van der Waals surface area contributed by atoms with Crippen molar-refractivity contribution < 1.29 is 13.5 Å². The van der Waals surface area contributed by atoms with E-state index < -0.39 is 10.0 Å². The third-order valence-electron chi connectivity index (χ3n) is 3.59. The summed E-state index contributed by atoms with van der Waals surface area (Å²) < 4.78 is 28.4. The summed E-state index contributed by atoms with van der Waals surface area (Å²) in [6.07, 6.45) is 4.50. The van der Waals surface area contributed by atoms with Crippen molar-refractivity contribution in [2.24, 2.45) is 0 Å². The van der Waals surface area contributed by atoms with E-state index in [1.807, 2.05) is 24.3 Å². The maximum atomic E-state index is 12.8. The number of benzene rings is 1. The highest BCUT2D eigenvalue weighted by atomic mass is 32.2. The van der Waals surface area contributed by atoms with Crippen LogP contribution in [0.3, 0.4) is 0 Å². The van der Waals surface area contributed by atoms with Crippen molar-refractivity contribution in [3.63, 3.8) is 0 Å². The molecule has 0 aliphatic carbocycles. The Morgan fingerprint density at radius 3 is 2.90 bits per heavy atom. The number of anilines is 1. The Labute approximate surface area is 123 Å². The van der Waals surface area contributed by atoms with Gasteiger partial charge >= 0.3 is 0 Å². The molecule has 0 saturated carbocycles. The predicted octanol–water partition coefficient (Wildman–Crippen LogP) is 1.02. The Morgan fingerprint density at radius 2 is 2.10 bits per heavy atom. The summed E-state index contributed by atoms with van der Waals surface area (Å²) in [4.78, 5) is 0.160. The van der Waals surface area contributed by atoms with Gasteiger partial charge in [-0.15, -0.1) is 0 Å². The first-order valence-corrected chi connectivity index (χ1v) is 8.31. The molecule has 1 N–H and O–H groups in total. The van der Waals surface area contributed by atoms with Crippen LogP contribution in [0.2, 0.25) is 0 Å². The molecule has 112 valence electrons. The first-order chi connectivity index (χ1) is 10.1. The third-order valence-corrected chi connectivity index (χ3v) is 5.36. The van der Waals surface area contributed by atoms with Gasteiger partial charge in [-0.05, 0) is 24.5 Å². The minimum Gasteiger partial charge on any atom is -0.394 e. The van der Waals surface area contributed by atoms with E-state index in [4.69, 9.17) is 5.11 Å². The Morgan fingerprint density at radius 1 is 1.29 bits per heavy atom. The van der Waals surface area contributed by atoms with Crippen LogP contribution in [-0.2, 0) is 23.0 Å². The molecule has 2 aromatic rings. The second kappa shape index (κ2) is 5.50. The Kier molecular flexibility index (Phi) is 3.69. The molecule has 2 heterocycles. The average molecular weight is 307 g/mol. The first kappa shape index (κ1) is 14.1. The van der Waals surface area contributed by atoms with Crippen LogP contribution in [0.15, 0.2) is 41.6 Å². The van der Waals surface area contributed by atoms with Crippen LogP contribution >= 0.6 is 0 Å². The van der Waals surface area contributed by atoms with E-state index in [0.717, 1.165) is 24.1 Å². The van der Waals surface area contributed by atoms with E-state index in [1.165, 1.54) is 21.4 Å². The molecule has 0 bridgehead atoms. The molecule has 0 spiro atoms. The maximum Gasteiger partial charge on any atom is 0.267 e. The summed E-state index contributed by atoms with van der Waals surface area (Å²) in [5.41, 5.74) is 1.80. The lowest BCUT2D eigenvalue weighted by Gasteiger charge is -2.29. The zero-order valence-electron chi connectivity index (χ0n) is 11.5. The van der Waals surface area contributed by atoms with Crippen molar-refractivity contribution in [2.45, 2.75) is 24.3 Å². The van der Waals surface area contributed by atoms with Crippen LogP contribution in [0.25, 0.3) is 0 Å². The predicted molar refractivity (Wildman–Crippen MR) is 78.6 cm³/mol. The lowest BCUT2D eigenvalue weighted by atomic mass is 10.0. The highest BCUT2D eigenvalue weighted by Gasteiger charge is 2.29. The number of rotatable bonds is 4. The zero-order valence-corrected chi connectivity index (χ0v) is 12.3. The van der Waals surface area contributed by atoms with Crippen LogP contribution in [0.5, 0.6) is 0 Å². The van der Waals surface area contributed by atoms with Crippen LogP contribution < -0.4 is 4.31 Å². The van der Waals surface area contributed by atoms with Gasteiger partial charge in [0.05, 0.1) is 25.0 Å². The molecule has 1 aliphatic rings. The van der Waals surface area contributed by atoms with Crippen LogP contribution in [0, 0.1) is 0 Å². The van der Waals surface area contributed by atoms with Gasteiger partial charge in [0, 0.05) is 12.7 Å². The van der Waals surface area contributed by atoms with Crippen molar-refractivity contribution in [1.29, 1.82) is 0 Å². The number of sulfonamides is 1. The minimum absolute atomic E-state index is 0.0757. The molecule has 0 atom stereocenters. The van der Waals surface area contributed by atoms with Gasteiger partial charge in [0.2, 0.25) is 0 Å². The van der Waals surface area contributed by atoms with Crippen molar-refractivity contribution in [1.82, 2.24) is 9.78 Å². The number of aromatic nitrogens is 2. The highest BCUT2D eigenvalue weighted by molar-refractivity contribution is 7.92. The maximum absolute atomic E-state index is 12.8. The molecule has 0 unspecified atom stereocenters. The van der Waals surface area contributed by atoms with Crippen molar-refractivity contribution in [3.8, 4) is 0 Å². The summed E-state index contributed by atoms with van der Waals surface area (Å²) >= 11 is 0. The van der Waals surface area contributed by atoms with E-state index >= 15 is 0 Å². The highest BCUT2D eigenvalue weighted by Crippen LogP contribution is 2.31. The third kappa shape index (κ3) is 2.54. The number of aryl methyl sites for hydroxylation is 1.